The Kier molecular flexibility index (Phi) is 5.97. The standard InChI is InChI=1S/C12H19BrO2S/c1-4-15-12(8(2)3)11(14)6-10-5-9(13)7-16-10/h5,7-8,11-12,14H,4,6H2,1-3H3. The van der Waals surface area contributed by atoms with Gasteiger partial charge in [-0.1, -0.05) is 13.8 Å². The zero-order valence-electron chi connectivity index (χ0n) is 9.94. The summed E-state index contributed by atoms with van der Waals surface area (Å²) >= 11 is 5.08. The first kappa shape index (κ1) is 14.2. The maximum absolute atomic E-state index is 10.1. The Morgan fingerprint density at radius 2 is 2.19 bits per heavy atom. The van der Waals surface area contributed by atoms with Crippen molar-refractivity contribution in [2.75, 3.05) is 6.61 Å². The molecule has 0 spiro atoms. The van der Waals surface area contributed by atoms with Crippen LogP contribution in [0.25, 0.3) is 0 Å². The number of hydrogen-bond donors (Lipinski definition) is 1. The fraction of sp³-hybridized carbons (Fsp3) is 0.667. The third-order valence-electron chi connectivity index (χ3n) is 2.43. The summed E-state index contributed by atoms with van der Waals surface area (Å²) < 4.78 is 6.67. The molecule has 2 unspecified atom stereocenters. The SMILES string of the molecule is CCOC(C(C)C)C(O)Cc1cc(Br)cs1. The summed E-state index contributed by atoms with van der Waals surface area (Å²) in [7, 11) is 0. The largest absolute Gasteiger partial charge is 0.390 e. The highest BCUT2D eigenvalue weighted by Crippen LogP contribution is 2.23. The molecule has 1 rings (SSSR count). The van der Waals surface area contributed by atoms with Crippen molar-refractivity contribution in [3.8, 4) is 0 Å². The predicted molar refractivity (Wildman–Crippen MR) is 72.0 cm³/mol. The molecule has 0 aliphatic carbocycles. The van der Waals surface area contributed by atoms with Gasteiger partial charge in [0.2, 0.25) is 0 Å². The number of hydrogen-bond acceptors (Lipinski definition) is 3. The maximum Gasteiger partial charge on any atom is 0.0860 e. The second-order valence-corrected chi connectivity index (χ2v) is 6.08. The first-order valence-corrected chi connectivity index (χ1v) is 7.24. The van der Waals surface area contributed by atoms with E-state index in [4.69, 9.17) is 4.74 Å². The van der Waals surface area contributed by atoms with E-state index >= 15 is 0 Å². The minimum absolute atomic E-state index is 0.0779. The molecule has 0 saturated heterocycles. The van der Waals surface area contributed by atoms with Gasteiger partial charge in [0.05, 0.1) is 12.2 Å². The van der Waals surface area contributed by atoms with E-state index in [0.717, 1.165) is 4.47 Å². The van der Waals surface area contributed by atoms with Crippen molar-refractivity contribution >= 4 is 27.3 Å². The van der Waals surface area contributed by atoms with Crippen LogP contribution in [-0.4, -0.2) is 23.9 Å². The minimum atomic E-state index is -0.425. The lowest BCUT2D eigenvalue weighted by Gasteiger charge is -2.25. The average molecular weight is 307 g/mol. The van der Waals surface area contributed by atoms with E-state index in [0.29, 0.717) is 18.9 Å². The zero-order valence-corrected chi connectivity index (χ0v) is 12.3. The van der Waals surface area contributed by atoms with E-state index in [9.17, 15) is 5.11 Å². The third-order valence-corrected chi connectivity index (χ3v) is 4.15. The Labute approximate surface area is 110 Å². The highest BCUT2D eigenvalue weighted by molar-refractivity contribution is 9.10. The lowest BCUT2D eigenvalue weighted by atomic mass is 9.99. The molecule has 0 aromatic carbocycles. The van der Waals surface area contributed by atoms with Crippen molar-refractivity contribution < 1.29 is 9.84 Å². The van der Waals surface area contributed by atoms with Gasteiger partial charge in [-0.15, -0.1) is 11.3 Å². The molecule has 0 fully saturated rings. The van der Waals surface area contributed by atoms with Gasteiger partial charge in [0.25, 0.3) is 0 Å². The van der Waals surface area contributed by atoms with Gasteiger partial charge >= 0.3 is 0 Å². The smallest absolute Gasteiger partial charge is 0.0860 e. The van der Waals surface area contributed by atoms with E-state index in [2.05, 4.69) is 35.8 Å². The number of aliphatic hydroxyl groups excluding tert-OH is 1. The summed E-state index contributed by atoms with van der Waals surface area (Å²) in [5.41, 5.74) is 0. The van der Waals surface area contributed by atoms with Crippen molar-refractivity contribution in [1.29, 1.82) is 0 Å². The van der Waals surface area contributed by atoms with Crippen LogP contribution in [0.2, 0.25) is 0 Å². The Hall–Kier alpha value is 0.1000. The van der Waals surface area contributed by atoms with Gasteiger partial charge in [-0.2, -0.15) is 0 Å². The predicted octanol–water partition coefficient (Wildman–Crippen LogP) is 3.48. The Balaban J connectivity index is 2.57. The molecular formula is C12H19BrO2S. The number of ether oxygens (including phenoxy) is 1. The fourth-order valence-electron chi connectivity index (χ4n) is 1.72. The molecule has 1 aromatic rings. The molecule has 16 heavy (non-hydrogen) atoms. The summed E-state index contributed by atoms with van der Waals surface area (Å²) in [6, 6.07) is 2.05. The van der Waals surface area contributed by atoms with Crippen molar-refractivity contribution in [2.45, 2.75) is 39.4 Å². The van der Waals surface area contributed by atoms with Gasteiger partial charge in [-0.05, 0) is 34.8 Å². The minimum Gasteiger partial charge on any atom is -0.390 e. The molecule has 2 atom stereocenters. The van der Waals surface area contributed by atoms with Crippen LogP contribution in [0.15, 0.2) is 15.9 Å². The van der Waals surface area contributed by atoms with Gasteiger partial charge in [-0.3, -0.25) is 0 Å². The highest BCUT2D eigenvalue weighted by Gasteiger charge is 2.23. The normalized spacial score (nSPS) is 15.4. The fourth-order valence-corrected chi connectivity index (χ4v) is 3.23. The maximum atomic E-state index is 10.1. The Morgan fingerprint density at radius 1 is 1.50 bits per heavy atom. The van der Waals surface area contributed by atoms with Gasteiger partial charge in [0.1, 0.15) is 0 Å². The van der Waals surface area contributed by atoms with Crippen LogP contribution in [0.5, 0.6) is 0 Å². The average Bonchev–Trinajstić information content (AvgIpc) is 2.59. The van der Waals surface area contributed by atoms with E-state index < -0.39 is 6.10 Å². The lowest BCUT2D eigenvalue weighted by molar-refractivity contribution is -0.0559. The van der Waals surface area contributed by atoms with Gasteiger partial charge < -0.3 is 9.84 Å². The number of aliphatic hydroxyl groups is 1. The molecule has 4 heteroatoms. The first-order valence-electron chi connectivity index (χ1n) is 5.57. The monoisotopic (exact) mass is 306 g/mol. The molecule has 0 radical (unpaired) electrons. The van der Waals surface area contributed by atoms with Crippen LogP contribution in [-0.2, 0) is 11.2 Å². The molecule has 0 amide bonds. The number of rotatable bonds is 6. The molecule has 0 bridgehead atoms. The molecule has 1 aromatic heterocycles. The van der Waals surface area contributed by atoms with Crippen molar-refractivity contribution in [2.24, 2.45) is 5.92 Å². The molecule has 1 heterocycles. The lowest BCUT2D eigenvalue weighted by Crippen LogP contribution is -2.35. The quantitative estimate of drug-likeness (QED) is 0.872. The summed E-state index contributed by atoms with van der Waals surface area (Å²) in [5.74, 6) is 0.332. The molecule has 0 aliphatic rings. The summed E-state index contributed by atoms with van der Waals surface area (Å²) in [6.07, 6.45) is 0.162. The summed E-state index contributed by atoms with van der Waals surface area (Å²) in [5, 5.41) is 12.2. The van der Waals surface area contributed by atoms with Gasteiger partial charge in [-0.25, -0.2) is 0 Å². The van der Waals surface area contributed by atoms with Crippen LogP contribution < -0.4 is 0 Å². The van der Waals surface area contributed by atoms with Crippen LogP contribution in [0, 0.1) is 5.92 Å². The van der Waals surface area contributed by atoms with Crippen LogP contribution in [0.3, 0.4) is 0 Å². The van der Waals surface area contributed by atoms with Crippen LogP contribution in [0.4, 0.5) is 0 Å². The molecular weight excluding hydrogens is 288 g/mol. The number of thiophene rings is 1. The second kappa shape index (κ2) is 6.74. The van der Waals surface area contributed by atoms with Crippen LogP contribution in [0.1, 0.15) is 25.6 Å². The Morgan fingerprint density at radius 3 is 2.62 bits per heavy atom. The van der Waals surface area contributed by atoms with Crippen LogP contribution >= 0.6 is 27.3 Å². The molecule has 2 nitrogen and oxygen atoms in total. The first-order chi connectivity index (χ1) is 7.54. The molecule has 0 saturated carbocycles. The van der Waals surface area contributed by atoms with Crippen molar-refractivity contribution in [3.05, 3.63) is 20.8 Å². The third kappa shape index (κ3) is 4.17. The van der Waals surface area contributed by atoms with Crippen molar-refractivity contribution in [3.63, 3.8) is 0 Å². The molecule has 0 aliphatic heterocycles. The van der Waals surface area contributed by atoms with Crippen molar-refractivity contribution in [1.82, 2.24) is 0 Å². The summed E-state index contributed by atoms with van der Waals surface area (Å²) in [4.78, 5) is 1.18. The topological polar surface area (TPSA) is 29.5 Å². The molecule has 92 valence electrons. The van der Waals surface area contributed by atoms with Gasteiger partial charge in [0, 0.05) is 27.8 Å². The van der Waals surface area contributed by atoms with E-state index in [1.807, 2.05) is 12.3 Å². The van der Waals surface area contributed by atoms with Gasteiger partial charge in [0.15, 0.2) is 0 Å². The zero-order chi connectivity index (χ0) is 12.1. The van der Waals surface area contributed by atoms with E-state index in [1.165, 1.54) is 4.88 Å². The Bertz CT molecular complexity index is 312. The summed E-state index contributed by atoms with van der Waals surface area (Å²) in [6.45, 7) is 6.76. The second-order valence-electron chi connectivity index (χ2n) is 4.17. The highest BCUT2D eigenvalue weighted by atomic mass is 79.9. The number of halogens is 1. The van der Waals surface area contributed by atoms with E-state index in [1.54, 1.807) is 11.3 Å². The molecule has 1 N–H and O–H groups in total. The van der Waals surface area contributed by atoms with E-state index in [-0.39, 0.29) is 6.10 Å².